The number of benzene rings is 1. The molecule has 0 atom stereocenters. The predicted molar refractivity (Wildman–Crippen MR) is 90.1 cm³/mol. The van der Waals surface area contributed by atoms with Gasteiger partial charge in [-0.2, -0.15) is 5.10 Å². The molecule has 0 saturated carbocycles. The van der Waals surface area contributed by atoms with Crippen LogP contribution in [0.25, 0.3) is 11.3 Å². The number of nitro groups is 1. The summed E-state index contributed by atoms with van der Waals surface area (Å²) in [7, 11) is 3.36. The molecular formula is C15H13N5O3S. The summed E-state index contributed by atoms with van der Waals surface area (Å²) in [5.41, 5.74) is 1.50. The maximum Gasteiger partial charge on any atom is 0.269 e. The fourth-order valence-electron chi connectivity index (χ4n) is 2.25. The molecule has 1 aromatic carbocycles. The number of carbonyl (C=O) groups excluding carboxylic acids is 1. The van der Waals surface area contributed by atoms with Crippen LogP contribution in [0.3, 0.4) is 0 Å². The number of aromatic nitrogens is 3. The topological polar surface area (TPSA) is 94.2 Å². The molecule has 0 spiro atoms. The van der Waals surface area contributed by atoms with Gasteiger partial charge in [0, 0.05) is 49.6 Å². The van der Waals surface area contributed by atoms with Crippen LogP contribution in [0.1, 0.15) is 10.4 Å². The molecule has 0 aliphatic carbocycles. The van der Waals surface area contributed by atoms with Gasteiger partial charge in [-0.3, -0.25) is 24.5 Å². The third-order valence-electron chi connectivity index (χ3n) is 3.42. The Balaban J connectivity index is 1.98. The Morgan fingerprint density at radius 1 is 1.33 bits per heavy atom. The van der Waals surface area contributed by atoms with Crippen molar-refractivity contribution in [3.05, 3.63) is 57.7 Å². The van der Waals surface area contributed by atoms with E-state index in [2.05, 4.69) is 10.1 Å². The minimum atomic E-state index is -0.468. The fraction of sp³-hybridized carbons (Fsp3) is 0.133. The monoisotopic (exact) mass is 343 g/mol. The van der Waals surface area contributed by atoms with E-state index in [1.54, 1.807) is 48.7 Å². The molecule has 2 aromatic heterocycles. The summed E-state index contributed by atoms with van der Waals surface area (Å²) in [5.74, 6) is -0.244. The highest BCUT2D eigenvalue weighted by molar-refractivity contribution is 7.13. The zero-order valence-electron chi connectivity index (χ0n) is 12.9. The van der Waals surface area contributed by atoms with Crippen molar-refractivity contribution in [3.8, 4) is 11.3 Å². The van der Waals surface area contributed by atoms with Crippen molar-refractivity contribution in [1.29, 1.82) is 0 Å². The van der Waals surface area contributed by atoms with Gasteiger partial charge in [-0.1, -0.05) is 0 Å². The Morgan fingerprint density at radius 3 is 2.62 bits per heavy atom. The number of nitro benzene ring substituents is 1. The van der Waals surface area contributed by atoms with Crippen molar-refractivity contribution < 1.29 is 9.72 Å². The van der Waals surface area contributed by atoms with Gasteiger partial charge in [-0.25, -0.2) is 4.98 Å². The van der Waals surface area contributed by atoms with Crippen LogP contribution in [0.4, 0.5) is 10.8 Å². The van der Waals surface area contributed by atoms with E-state index in [0.717, 1.165) is 0 Å². The van der Waals surface area contributed by atoms with Crippen molar-refractivity contribution in [2.45, 2.75) is 0 Å². The molecule has 9 heteroatoms. The van der Waals surface area contributed by atoms with E-state index in [9.17, 15) is 14.9 Å². The summed E-state index contributed by atoms with van der Waals surface area (Å²) in [4.78, 5) is 28.6. The smallest absolute Gasteiger partial charge is 0.269 e. The van der Waals surface area contributed by atoms with Crippen LogP contribution in [0, 0.1) is 10.1 Å². The van der Waals surface area contributed by atoms with Crippen LogP contribution in [-0.4, -0.2) is 32.6 Å². The van der Waals surface area contributed by atoms with E-state index in [4.69, 9.17) is 0 Å². The number of non-ortho nitro benzene ring substituents is 1. The van der Waals surface area contributed by atoms with Crippen molar-refractivity contribution in [2.24, 2.45) is 7.05 Å². The van der Waals surface area contributed by atoms with Crippen LogP contribution in [0.2, 0.25) is 0 Å². The molecule has 1 amide bonds. The molecule has 0 aliphatic rings. The molecule has 0 N–H and O–H groups in total. The van der Waals surface area contributed by atoms with Crippen LogP contribution >= 0.6 is 11.3 Å². The molecule has 0 fully saturated rings. The van der Waals surface area contributed by atoms with E-state index in [1.165, 1.54) is 28.4 Å². The molecule has 2 heterocycles. The van der Waals surface area contributed by atoms with Gasteiger partial charge in [0.25, 0.3) is 11.6 Å². The molecule has 0 radical (unpaired) electrons. The molecule has 0 aliphatic heterocycles. The van der Waals surface area contributed by atoms with Crippen molar-refractivity contribution in [1.82, 2.24) is 14.8 Å². The minimum absolute atomic E-state index is 0.0116. The van der Waals surface area contributed by atoms with Gasteiger partial charge in [0.15, 0.2) is 5.13 Å². The zero-order chi connectivity index (χ0) is 17.3. The average Bonchev–Trinajstić information content (AvgIpc) is 3.23. The number of carbonyl (C=O) groups is 1. The second-order valence-electron chi connectivity index (χ2n) is 5.05. The highest BCUT2D eigenvalue weighted by atomic mass is 32.1. The van der Waals surface area contributed by atoms with E-state index in [1.807, 2.05) is 0 Å². The normalized spacial score (nSPS) is 10.6. The molecule has 0 saturated heterocycles. The lowest BCUT2D eigenvalue weighted by atomic mass is 10.1. The first-order valence-electron chi connectivity index (χ1n) is 6.93. The van der Waals surface area contributed by atoms with Gasteiger partial charge in [-0.15, -0.1) is 11.3 Å². The molecule has 8 nitrogen and oxygen atoms in total. The zero-order valence-corrected chi connectivity index (χ0v) is 13.7. The second-order valence-corrected chi connectivity index (χ2v) is 5.92. The van der Waals surface area contributed by atoms with Crippen LogP contribution < -0.4 is 4.90 Å². The minimum Gasteiger partial charge on any atom is -0.287 e. The lowest BCUT2D eigenvalue weighted by Crippen LogP contribution is -2.26. The number of hydrogen-bond donors (Lipinski definition) is 0. The standard InChI is InChI=1S/C15H13N5O3S/c1-18-9-12(14(21)19(2)15-16-7-8-24-15)13(17-18)10-3-5-11(6-4-10)20(22)23/h3-9H,1-2H3. The van der Waals surface area contributed by atoms with Crippen LogP contribution in [0.15, 0.2) is 42.0 Å². The quantitative estimate of drug-likeness (QED) is 0.536. The molecule has 0 unspecified atom stereocenters. The van der Waals surface area contributed by atoms with E-state index >= 15 is 0 Å². The van der Waals surface area contributed by atoms with E-state index in [-0.39, 0.29) is 11.6 Å². The Bertz CT molecular complexity index is 886. The largest absolute Gasteiger partial charge is 0.287 e. The fourth-order valence-corrected chi connectivity index (χ4v) is 2.85. The number of nitrogens with zero attached hydrogens (tertiary/aromatic N) is 5. The first kappa shape index (κ1) is 15.8. The van der Waals surface area contributed by atoms with Crippen molar-refractivity contribution in [3.63, 3.8) is 0 Å². The van der Waals surface area contributed by atoms with Gasteiger partial charge in [0.05, 0.1) is 10.5 Å². The van der Waals surface area contributed by atoms with Gasteiger partial charge in [0.2, 0.25) is 0 Å². The number of amides is 1. The van der Waals surface area contributed by atoms with Crippen LogP contribution in [0.5, 0.6) is 0 Å². The van der Waals surface area contributed by atoms with Crippen LogP contribution in [-0.2, 0) is 7.05 Å². The summed E-state index contributed by atoms with van der Waals surface area (Å²) in [5, 5.41) is 17.5. The Kier molecular flexibility index (Phi) is 4.09. The summed E-state index contributed by atoms with van der Waals surface area (Å²) in [6.45, 7) is 0. The average molecular weight is 343 g/mol. The number of rotatable bonds is 4. The number of hydrogen-bond acceptors (Lipinski definition) is 6. The maximum atomic E-state index is 12.8. The maximum absolute atomic E-state index is 12.8. The lowest BCUT2D eigenvalue weighted by molar-refractivity contribution is -0.384. The molecular weight excluding hydrogens is 330 g/mol. The Hall–Kier alpha value is -3.07. The molecule has 24 heavy (non-hydrogen) atoms. The highest BCUT2D eigenvalue weighted by Gasteiger charge is 2.22. The van der Waals surface area contributed by atoms with Crippen molar-refractivity contribution >= 4 is 28.1 Å². The summed E-state index contributed by atoms with van der Waals surface area (Å²) >= 11 is 1.36. The predicted octanol–water partition coefficient (Wildman–Crippen LogP) is 2.73. The second kappa shape index (κ2) is 6.20. The third-order valence-corrected chi connectivity index (χ3v) is 4.27. The number of thiazole rings is 1. The van der Waals surface area contributed by atoms with Crippen molar-refractivity contribution in [2.75, 3.05) is 11.9 Å². The summed E-state index contributed by atoms with van der Waals surface area (Å²) in [6, 6.07) is 5.95. The summed E-state index contributed by atoms with van der Waals surface area (Å²) < 4.78 is 1.54. The Morgan fingerprint density at radius 2 is 2.04 bits per heavy atom. The first-order valence-corrected chi connectivity index (χ1v) is 7.81. The van der Waals surface area contributed by atoms with E-state index < -0.39 is 4.92 Å². The highest BCUT2D eigenvalue weighted by Crippen LogP contribution is 2.27. The van der Waals surface area contributed by atoms with E-state index in [0.29, 0.717) is 22.0 Å². The van der Waals surface area contributed by atoms with Gasteiger partial charge in [0.1, 0.15) is 5.69 Å². The third kappa shape index (κ3) is 2.88. The molecule has 3 rings (SSSR count). The van der Waals surface area contributed by atoms with Gasteiger partial charge >= 0.3 is 0 Å². The van der Waals surface area contributed by atoms with Gasteiger partial charge in [-0.05, 0) is 12.1 Å². The molecule has 3 aromatic rings. The number of anilines is 1. The first-order chi connectivity index (χ1) is 11.5. The molecule has 122 valence electrons. The molecule has 0 bridgehead atoms. The number of aryl methyl sites for hydroxylation is 1. The lowest BCUT2D eigenvalue weighted by Gasteiger charge is -2.13. The Labute approximate surface area is 141 Å². The SMILES string of the molecule is CN(C(=O)c1cn(C)nc1-c1ccc([N+](=O)[O-])cc1)c1nccs1. The summed E-state index contributed by atoms with van der Waals surface area (Å²) in [6.07, 6.45) is 3.26. The van der Waals surface area contributed by atoms with Gasteiger partial charge < -0.3 is 0 Å².